The molecule has 0 aliphatic carbocycles. The van der Waals surface area contributed by atoms with Gasteiger partial charge in [-0.3, -0.25) is 0 Å². The molecule has 0 saturated heterocycles. The molecule has 0 amide bonds. The smallest absolute Gasteiger partial charge is 0.161 e. The highest BCUT2D eigenvalue weighted by atomic mass is 19.1. The second-order valence-electron chi connectivity index (χ2n) is 5.82. The second kappa shape index (κ2) is 6.54. The summed E-state index contributed by atoms with van der Waals surface area (Å²) in [7, 11) is 3.24. The van der Waals surface area contributed by atoms with E-state index >= 15 is 0 Å². The first-order valence-electron chi connectivity index (χ1n) is 7.62. The lowest BCUT2D eigenvalue weighted by molar-refractivity contribution is -0.929. The Labute approximate surface area is 134 Å². The van der Waals surface area contributed by atoms with Gasteiger partial charge in [-0.15, -0.1) is 0 Å². The summed E-state index contributed by atoms with van der Waals surface area (Å²) in [6.07, 6.45) is 0.897. The van der Waals surface area contributed by atoms with Crippen LogP contribution in [-0.4, -0.2) is 20.8 Å². The molecule has 1 aliphatic heterocycles. The minimum absolute atomic E-state index is 0.476. The molecule has 0 radical (unpaired) electrons. The number of benzene rings is 2. The summed E-state index contributed by atoms with van der Waals surface area (Å²) in [5, 5.41) is 0. The van der Waals surface area contributed by atoms with Gasteiger partial charge in [-0.25, -0.2) is 8.78 Å². The van der Waals surface area contributed by atoms with Gasteiger partial charge < -0.3 is 14.4 Å². The van der Waals surface area contributed by atoms with E-state index in [4.69, 9.17) is 9.47 Å². The predicted molar refractivity (Wildman–Crippen MR) is 82.8 cm³/mol. The Kier molecular flexibility index (Phi) is 4.48. The van der Waals surface area contributed by atoms with E-state index in [0.717, 1.165) is 31.3 Å². The van der Waals surface area contributed by atoms with Gasteiger partial charge in [0.1, 0.15) is 24.7 Å². The molecule has 0 aromatic heterocycles. The largest absolute Gasteiger partial charge is 0.493 e. The Morgan fingerprint density at radius 1 is 1.00 bits per heavy atom. The molecule has 122 valence electrons. The van der Waals surface area contributed by atoms with Crippen LogP contribution in [0.5, 0.6) is 11.5 Å². The Bertz CT molecular complexity index is 718. The SMILES string of the molecule is COc1cc2c(cc1OC)C[NH+](Cc1ccc(F)cc1F)CC2. The first kappa shape index (κ1) is 15.7. The van der Waals surface area contributed by atoms with Crippen LogP contribution >= 0.6 is 0 Å². The fourth-order valence-electron chi connectivity index (χ4n) is 3.11. The molecule has 1 N–H and O–H groups in total. The van der Waals surface area contributed by atoms with E-state index in [0.29, 0.717) is 17.9 Å². The third-order valence-electron chi connectivity index (χ3n) is 4.35. The average Bonchev–Trinajstić information content (AvgIpc) is 2.56. The monoisotopic (exact) mass is 320 g/mol. The van der Waals surface area contributed by atoms with E-state index in [9.17, 15) is 8.78 Å². The fourth-order valence-corrected chi connectivity index (χ4v) is 3.11. The van der Waals surface area contributed by atoms with Crippen LogP contribution in [0.4, 0.5) is 8.78 Å². The summed E-state index contributed by atoms with van der Waals surface area (Å²) >= 11 is 0. The van der Waals surface area contributed by atoms with Crippen LogP contribution < -0.4 is 14.4 Å². The van der Waals surface area contributed by atoms with Crippen molar-refractivity contribution in [3.05, 3.63) is 58.7 Å². The van der Waals surface area contributed by atoms with Crippen molar-refractivity contribution in [3.8, 4) is 11.5 Å². The number of nitrogens with one attached hydrogen (secondary N) is 1. The van der Waals surface area contributed by atoms with Crippen molar-refractivity contribution in [2.45, 2.75) is 19.5 Å². The fraction of sp³-hybridized carbons (Fsp3) is 0.333. The average molecular weight is 320 g/mol. The quantitative estimate of drug-likeness (QED) is 0.933. The minimum Gasteiger partial charge on any atom is -0.493 e. The van der Waals surface area contributed by atoms with Gasteiger partial charge in [-0.05, 0) is 29.8 Å². The number of ether oxygens (including phenoxy) is 2. The first-order valence-corrected chi connectivity index (χ1v) is 7.62. The number of hydrogen-bond donors (Lipinski definition) is 1. The Hall–Kier alpha value is -2.14. The number of rotatable bonds is 4. The van der Waals surface area contributed by atoms with Crippen molar-refractivity contribution in [1.29, 1.82) is 0 Å². The first-order chi connectivity index (χ1) is 11.1. The van der Waals surface area contributed by atoms with Crippen molar-refractivity contribution < 1.29 is 23.2 Å². The maximum Gasteiger partial charge on any atom is 0.161 e. The number of fused-ring (bicyclic) bond motifs is 1. The standard InChI is InChI=1S/C18H19F2NO2/c1-22-17-7-12-5-6-21(11-14(12)8-18(17)23-2)10-13-3-4-15(19)9-16(13)20/h3-4,7-9H,5-6,10-11H2,1-2H3/p+1. The number of hydrogen-bond acceptors (Lipinski definition) is 2. The maximum absolute atomic E-state index is 13.8. The molecule has 1 unspecified atom stereocenters. The highest BCUT2D eigenvalue weighted by Crippen LogP contribution is 2.31. The zero-order chi connectivity index (χ0) is 16.4. The molecular formula is C18H20F2NO2+. The summed E-state index contributed by atoms with van der Waals surface area (Å²) < 4.78 is 37.5. The van der Waals surface area contributed by atoms with Gasteiger partial charge in [0.05, 0.1) is 20.8 Å². The van der Waals surface area contributed by atoms with Crippen LogP contribution in [-0.2, 0) is 19.5 Å². The molecule has 23 heavy (non-hydrogen) atoms. The Morgan fingerprint density at radius 2 is 1.70 bits per heavy atom. The van der Waals surface area contributed by atoms with Crippen molar-refractivity contribution in [2.24, 2.45) is 0 Å². The highest BCUT2D eigenvalue weighted by Gasteiger charge is 2.23. The summed E-state index contributed by atoms with van der Waals surface area (Å²) in [5.74, 6) is 0.428. The number of methoxy groups -OCH3 is 2. The van der Waals surface area contributed by atoms with Gasteiger partial charge in [0, 0.05) is 23.6 Å². The topological polar surface area (TPSA) is 22.9 Å². The van der Waals surface area contributed by atoms with Gasteiger partial charge in [-0.2, -0.15) is 0 Å². The number of halogens is 2. The summed E-state index contributed by atoms with van der Waals surface area (Å²) in [6.45, 7) is 2.23. The predicted octanol–water partition coefficient (Wildman–Crippen LogP) is 2.12. The molecule has 1 atom stereocenters. The molecule has 2 aromatic carbocycles. The molecule has 1 aliphatic rings. The summed E-state index contributed by atoms with van der Waals surface area (Å²) in [5.41, 5.74) is 2.97. The molecule has 0 saturated carbocycles. The van der Waals surface area contributed by atoms with Crippen LogP contribution in [0.1, 0.15) is 16.7 Å². The molecule has 3 nitrogen and oxygen atoms in total. The lowest BCUT2D eigenvalue weighted by Gasteiger charge is -2.27. The molecule has 1 heterocycles. The lowest BCUT2D eigenvalue weighted by atomic mass is 9.98. The van der Waals surface area contributed by atoms with Crippen LogP contribution in [0.25, 0.3) is 0 Å². The Balaban J connectivity index is 1.79. The van der Waals surface area contributed by atoms with Crippen molar-refractivity contribution >= 4 is 0 Å². The second-order valence-corrected chi connectivity index (χ2v) is 5.82. The van der Waals surface area contributed by atoms with E-state index in [2.05, 4.69) is 0 Å². The van der Waals surface area contributed by atoms with E-state index in [1.165, 1.54) is 28.2 Å². The van der Waals surface area contributed by atoms with Gasteiger partial charge in [0.2, 0.25) is 0 Å². The van der Waals surface area contributed by atoms with Crippen molar-refractivity contribution in [2.75, 3.05) is 20.8 Å². The third-order valence-corrected chi connectivity index (χ3v) is 4.35. The normalized spacial score (nSPS) is 16.8. The molecule has 5 heteroatoms. The van der Waals surface area contributed by atoms with Gasteiger partial charge in [0.25, 0.3) is 0 Å². The van der Waals surface area contributed by atoms with E-state index < -0.39 is 11.6 Å². The van der Waals surface area contributed by atoms with Crippen molar-refractivity contribution in [3.63, 3.8) is 0 Å². The number of quaternary nitrogens is 1. The molecule has 2 aromatic rings. The van der Waals surface area contributed by atoms with Gasteiger partial charge in [-0.1, -0.05) is 0 Å². The molecule has 0 bridgehead atoms. The van der Waals surface area contributed by atoms with Gasteiger partial charge >= 0.3 is 0 Å². The lowest BCUT2D eigenvalue weighted by Crippen LogP contribution is -3.10. The van der Waals surface area contributed by atoms with Crippen LogP contribution in [0.2, 0.25) is 0 Å². The van der Waals surface area contributed by atoms with E-state index in [-0.39, 0.29) is 0 Å². The third kappa shape index (κ3) is 3.29. The molecule has 0 spiro atoms. The highest BCUT2D eigenvalue weighted by molar-refractivity contribution is 5.47. The van der Waals surface area contributed by atoms with Crippen LogP contribution in [0.3, 0.4) is 0 Å². The zero-order valence-corrected chi connectivity index (χ0v) is 13.3. The van der Waals surface area contributed by atoms with Crippen molar-refractivity contribution in [1.82, 2.24) is 0 Å². The molecule has 3 rings (SSSR count). The maximum atomic E-state index is 13.8. The van der Waals surface area contributed by atoms with Crippen LogP contribution in [0, 0.1) is 11.6 Å². The van der Waals surface area contributed by atoms with E-state index in [1.807, 2.05) is 12.1 Å². The van der Waals surface area contributed by atoms with Gasteiger partial charge in [0.15, 0.2) is 11.5 Å². The Morgan fingerprint density at radius 3 is 2.35 bits per heavy atom. The minimum atomic E-state index is -0.540. The molecular weight excluding hydrogens is 300 g/mol. The zero-order valence-electron chi connectivity index (χ0n) is 13.3. The summed E-state index contributed by atoms with van der Waals surface area (Å²) in [4.78, 5) is 1.25. The summed E-state index contributed by atoms with van der Waals surface area (Å²) in [6, 6.07) is 7.80. The van der Waals surface area contributed by atoms with E-state index in [1.54, 1.807) is 14.2 Å². The molecule has 0 fully saturated rings. The van der Waals surface area contributed by atoms with Crippen LogP contribution in [0.15, 0.2) is 30.3 Å².